The van der Waals surface area contributed by atoms with Gasteiger partial charge in [0.25, 0.3) is 5.91 Å². The minimum Gasteiger partial charge on any atom is -0.496 e. The molecule has 0 aliphatic carbocycles. The van der Waals surface area contributed by atoms with Crippen LogP contribution in [-0.4, -0.2) is 35.5 Å². The first-order valence-corrected chi connectivity index (χ1v) is 11.6. The van der Waals surface area contributed by atoms with Crippen LogP contribution in [-0.2, 0) is 9.59 Å². The number of hydrogen-bond donors (Lipinski definition) is 2. The van der Waals surface area contributed by atoms with E-state index in [1.807, 2.05) is 78.8 Å². The van der Waals surface area contributed by atoms with Gasteiger partial charge in [-0.1, -0.05) is 48.2 Å². The number of anilines is 1. The van der Waals surface area contributed by atoms with Crippen molar-refractivity contribution in [3.63, 3.8) is 0 Å². The maximum atomic E-state index is 13.6. The van der Waals surface area contributed by atoms with E-state index in [1.165, 1.54) is 11.8 Å². The highest BCUT2D eigenvalue weighted by Gasteiger charge is 2.41. The Morgan fingerprint density at radius 1 is 1.12 bits per heavy atom. The molecule has 2 aromatic carbocycles. The van der Waals surface area contributed by atoms with Crippen LogP contribution in [0.3, 0.4) is 0 Å². The van der Waals surface area contributed by atoms with Crippen molar-refractivity contribution >= 4 is 34.4 Å². The molecular weight excluding hydrogens is 436 g/mol. The normalized spacial score (nSPS) is 17.2. The number of allylic oxidation sites excluding steroid dienone is 1. The first kappa shape index (κ1) is 22.7. The number of para-hydroxylation sites is 2. The van der Waals surface area contributed by atoms with Crippen molar-refractivity contribution < 1.29 is 14.3 Å². The van der Waals surface area contributed by atoms with E-state index in [0.29, 0.717) is 29.3 Å². The lowest BCUT2D eigenvalue weighted by Crippen LogP contribution is -2.39. The lowest BCUT2D eigenvalue weighted by molar-refractivity contribution is -0.120. The third-order valence-electron chi connectivity index (χ3n) is 5.43. The number of hydrogen-bond acceptors (Lipinski definition) is 6. The Kier molecular flexibility index (Phi) is 6.84. The molecule has 0 spiro atoms. The molecule has 2 aliphatic heterocycles. The van der Waals surface area contributed by atoms with Crippen molar-refractivity contribution in [1.29, 1.82) is 0 Å². The Bertz CT molecular complexity index is 1160. The molecule has 0 aromatic heterocycles. The summed E-state index contributed by atoms with van der Waals surface area (Å²) in [5.41, 5.74) is 3.46. The van der Waals surface area contributed by atoms with Gasteiger partial charge in [0.1, 0.15) is 5.75 Å². The number of thioether (sulfide) groups is 1. The average molecular weight is 463 g/mol. The Labute approximate surface area is 197 Å². The summed E-state index contributed by atoms with van der Waals surface area (Å²) in [5, 5.41) is 8.51. The van der Waals surface area contributed by atoms with Crippen molar-refractivity contribution in [1.82, 2.24) is 10.2 Å². The van der Waals surface area contributed by atoms with E-state index in [1.54, 1.807) is 7.11 Å². The summed E-state index contributed by atoms with van der Waals surface area (Å²) in [6.07, 6.45) is 0.193. The van der Waals surface area contributed by atoms with Gasteiger partial charge in [0.2, 0.25) is 5.91 Å². The summed E-state index contributed by atoms with van der Waals surface area (Å²) in [6, 6.07) is 16.5. The number of rotatable bonds is 7. The van der Waals surface area contributed by atoms with Gasteiger partial charge in [0.05, 0.1) is 30.8 Å². The molecule has 1 atom stereocenters. The Hall–Kier alpha value is -3.52. The second-order valence-corrected chi connectivity index (χ2v) is 8.42. The number of fused-ring (bicyclic) bond motifs is 1. The molecule has 0 bridgehead atoms. The number of benzene rings is 2. The number of methoxy groups -OCH3 is 1. The average Bonchev–Trinajstić information content (AvgIpc) is 3.20. The van der Waals surface area contributed by atoms with Crippen LogP contribution < -0.4 is 15.4 Å². The molecule has 0 radical (unpaired) electrons. The fourth-order valence-electron chi connectivity index (χ4n) is 3.99. The minimum atomic E-state index is -0.493. The molecule has 1 unspecified atom stereocenters. The third-order valence-corrected chi connectivity index (χ3v) is 6.31. The van der Waals surface area contributed by atoms with Crippen molar-refractivity contribution in [2.75, 3.05) is 19.0 Å². The van der Waals surface area contributed by atoms with Gasteiger partial charge in [-0.3, -0.25) is 9.59 Å². The number of carbonyl (C=O) groups is 2. The van der Waals surface area contributed by atoms with Crippen LogP contribution in [0.25, 0.3) is 0 Å². The number of nitrogens with one attached hydrogen (secondary N) is 2. The highest BCUT2D eigenvalue weighted by Crippen LogP contribution is 2.46. The van der Waals surface area contributed by atoms with E-state index < -0.39 is 6.04 Å². The highest BCUT2D eigenvalue weighted by molar-refractivity contribution is 8.16. The van der Waals surface area contributed by atoms with Gasteiger partial charge in [-0.2, -0.15) is 0 Å². The molecule has 33 heavy (non-hydrogen) atoms. The molecule has 2 heterocycles. The maximum absolute atomic E-state index is 13.6. The first-order chi connectivity index (χ1) is 16.0. The van der Waals surface area contributed by atoms with Crippen LogP contribution >= 0.6 is 11.8 Å². The van der Waals surface area contributed by atoms with Crippen molar-refractivity contribution in [3.05, 3.63) is 82.5 Å². The zero-order valence-corrected chi connectivity index (χ0v) is 19.6. The molecule has 8 heteroatoms. The molecule has 170 valence electrons. The molecule has 0 saturated carbocycles. The van der Waals surface area contributed by atoms with Gasteiger partial charge in [-0.15, -0.1) is 0 Å². The number of aliphatic imine (C=N–C) groups is 1. The van der Waals surface area contributed by atoms with Gasteiger partial charge in [0.15, 0.2) is 5.17 Å². The van der Waals surface area contributed by atoms with Gasteiger partial charge in [0, 0.05) is 23.5 Å². The first-order valence-electron chi connectivity index (χ1n) is 10.7. The predicted molar refractivity (Wildman–Crippen MR) is 132 cm³/mol. The van der Waals surface area contributed by atoms with E-state index in [-0.39, 0.29) is 18.2 Å². The quantitative estimate of drug-likeness (QED) is 0.636. The van der Waals surface area contributed by atoms with Crippen LogP contribution in [0.5, 0.6) is 5.75 Å². The fourth-order valence-corrected chi connectivity index (χ4v) is 4.95. The number of nitrogens with zero attached hydrogens (tertiary/aromatic N) is 2. The Balaban J connectivity index is 1.79. The van der Waals surface area contributed by atoms with Gasteiger partial charge in [-0.05, 0) is 37.5 Å². The summed E-state index contributed by atoms with van der Waals surface area (Å²) in [4.78, 5) is 32.7. The summed E-state index contributed by atoms with van der Waals surface area (Å²) >= 11 is 1.46. The summed E-state index contributed by atoms with van der Waals surface area (Å²) in [7, 11) is 1.61. The Morgan fingerprint density at radius 3 is 2.58 bits per heavy atom. The van der Waals surface area contributed by atoms with Crippen molar-refractivity contribution in [2.24, 2.45) is 4.99 Å². The van der Waals surface area contributed by atoms with E-state index in [9.17, 15) is 9.59 Å². The summed E-state index contributed by atoms with van der Waals surface area (Å²) < 4.78 is 5.66. The molecule has 2 N–H and O–H groups in total. The molecule has 2 aliphatic rings. The van der Waals surface area contributed by atoms with Gasteiger partial charge >= 0.3 is 0 Å². The van der Waals surface area contributed by atoms with Gasteiger partial charge in [-0.25, -0.2) is 4.99 Å². The number of ether oxygens (including phenoxy) is 1. The monoisotopic (exact) mass is 462 g/mol. The van der Waals surface area contributed by atoms with Crippen molar-refractivity contribution in [2.45, 2.75) is 26.3 Å². The molecule has 2 amide bonds. The number of carbonyl (C=O) groups excluding carboxylic acids is 2. The van der Waals surface area contributed by atoms with E-state index >= 15 is 0 Å². The molecule has 4 rings (SSSR count). The zero-order valence-electron chi connectivity index (χ0n) is 18.8. The lowest BCUT2D eigenvalue weighted by Gasteiger charge is -2.37. The third kappa shape index (κ3) is 4.66. The topological polar surface area (TPSA) is 83.0 Å². The van der Waals surface area contributed by atoms with Crippen LogP contribution in [0.1, 0.15) is 31.9 Å². The fraction of sp³-hybridized carbons (Fsp3) is 0.240. The van der Waals surface area contributed by atoms with Crippen LogP contribution in [0.15, 0.2) is 82.0 Å². The van der Waals surface area contributed by atoms with Crippen LogP contribution in [0, 0.1) is 0 Å². The lowest BCUT2D eigenvalue weighted by atomic mass is 9.92. The molecule has 0 saturated heterocycles. The van der Waals surface area contributed by atoms with E-state index in [4.69, 9.17) is 9.73 Å². The number of amidine groups is 1. The highest BCUT2D eigenvalue weighted by atomic mass is 32.2. The Morgan fingerprint density at radius 2 is 1.85 bits per heavy atom. The second-order valence-electron chi connectivity index (χ2n) is 7.59. The van der Waals surface area contributed by atoms with Crippen LogP contribution in [0.4, 0.5) is 5.69 Å². The maximum Gasteiger partial charge on any atom is 0.255 e. The SMILES string of the molecule is CCNC(=O)CC1=CSC2=NC(C)=C(C(=O)Nc3ccccc3)C(c3ccccc3OC)N12. The van der Waals surface area contributed by atoms with E-state index in [2.05, 4.69) is 10.6 Å². The smallest absolute Gasteiger partial charge is 0.255 e. The summed E-state index contributed by atoms with van der Waals surface area (Å²) in [6.45, 7) is 4.29. The van der Waals surface area contributed by atoms with Crippen LogP contribution in [0.2, 0.25) is 0 Å². The predicted octanol–water partition coefficient (Wildman–Crippen LogP) is 4.44. The number of amides is 2. The zero-order chi connectivity index (χ0) is 23.4. The molecular formula is C25H26N4O3S. The minimum absolute atomic E-state index is 0.0778. The summed E-state index contributed by atoms with van der Waals surface area (Å²) in [5.74, 6) is 0.341. The molecule has 2 aromatic rings. The van der Waals surface area contributed by atoms with Gasteiger partial charge < -0.3 is 20.3 Å². The largest absolute Gasteiger partial charge is 0.496 e. The second kappa shape index (κ2) is 9.95. The molecule has 0 fully saturated rings. The van der Waals surface area contributed by atoms with E-state index in [0.717, 1.165) is 16.4 Å². The van der Waals surface area contributed by atoms with Crippen molar-refractivity contribution in [3.8, 4) is 5.75 Å². The molecule has 7 nitrogen and oxygen atoms in total. The standard InChI is InChI=1S/C25H26N4O3S/c1-4-26-21(30)14-18-15-33-25-27-16(2)22(24(31)28-17-10-6-5-7-11-17)23(29(18)25)19-12-8-9-13-20(19)32-3/h5-13,15,23H,4,14H2,1-3H3,(H,26,30)(H,28,31).